The van der Waals surface area contributed by atoms with E-state index in [0.717, 1.165) is 11.1 Å². The van der Waals surface area contributed by atoms with Crippen molar-refractivity contribution in [3.63, 3.8) is 0 Å². The second-order valence-corrected chi connectivity index (χ2v) is 9.73. The molecule has 3 rings (SSSR count). The Morgan fingerprint density at radius 3 is 2.49 bits per heavy atom. The van der Waals surface area contributed by atoms with Crippen molar-refractivity contribution in [3.05, 3.63) is 90.8 Å². The normalized spacial score (nSPS) is 10.9. The number of nitrogens with zero attached hydrogens (tertiary/aromatic N) is 1. The minimum Gasteiger partial charge on any atom is -0.482 e. The first-order chi connectivity index (χ1) is 16.7. The molecule has 0 fully saturated rings. The fourth-order valence-corrected chi connectivity index (χ4v) is 4.59. The molecule has 0 spiro atoms. The van der Waals surface area contributed by atoms with Crippen molar-refractivity contribution < 1.29 is 14.3 Å². The van der Waals surface area contributed by atoms with Crippen molar-refractivity contribution in [1.82, 2.24) is 0 Å². The van der Waals surface area contributed by atoms with Gasteiger partial charge in [-0.2, -0.15) is 5.26 Å². The molecule has 3 aromatic carbocycles. The summed E-state index contributed by atoms with van der Waals surface area (Å²) >= 11 is 12.7. The highest BCUT2D eigenvalue weighted by Gasteiger charge is 2.16. The third-order valence-electron chi connectivity index (χ3n) is 5.03. The number of benzene rings is 3. The molecule has 0 aliphatic carbocycles. The van der Waals surface area contributed by atoms with Crippen LogP contribution in [-0.4, -0.2) is 18.4 Å². The molecule has 6 nitrogen and oxygen atoms in total. The second kappa shape index (κ2) is 12.0. The number of amides is 2. The van der Waals surface area contributed by atoms with Gasteiger partial charge in [-0.15, -0.1) is 0 Å². The number of nitriles is 1. The van der Waals surface area contributed by atoms with E-state index in [1.54, 1.807) is 42.5 Å². The van der Waals surface area contributed by atoms with Crippen LogP contribution in [0.4, 0.5) is 11.4 Å². The zero-order valence-electron chi connectivity index (χ0n) is 18.8. The Morgan fingerprint density at radius 1 is 1.09 bits per heavy atom. The van der Waals surface area contributed by atoms with E-state index in [4.69, 9.17) is 16.3 Å². The Kier molecular flexibility index (Phi) is 9.10. The molecule has 0 saturated heterocycles. The average Bonchev–Trinajstić information content (AvgIpc) is 2.81. The molecule has 2 amide bonds. The number of aryl methyl sites for hydroxylation is 1. The van der Waals surface area contributed by atoms with Crippen molar-refractivity contribution in [2.75, 3.05) is 17.2 Å². The minimum absolute atomic E-state index is 0.119. The Labute approximate surface area is 225 Å². The van der Waals surface area contributed by atoms with Crippen molar-refractivity contribution in [2.24, 2.45) is 0 Å². The summed E-state index contributed by atoms with van der Waals surface area (Å²) in [7, 11) is 0. The van der Waals surface area contributed by atoms with Crippen LogP contribution in [0.25, 0.3) is 6.08 Å². The van der Waals surface area contributed by atoms with Gasteiger partial charge in [0.1, 0.15) is 17.4 Å². The molecule has 0 aliphatic heterocycles. The Balaban J connectivity index is 1.82. The summed E-state index contributed by atoms with van der Waals surface area (Å²) < 4.78 is 7.01. The van der Waals surface area contributed by atoms with Crippen LogP contribution in [0.5, 0.6) is 5.75 Å². The quantitative estimate of drug-likeness (QED) is 0.220. The van der Waals surface area contributed by atoms with Gasteiger partial charge in [0, 0.05) is 26.4 Å². The van der Waals surface area contributed by atoms with Crippen LogP contribution in [0.3, 0.4) is 0 Å². The van der Waals surface area contributed by atoms with E-state index in [1.165, 1.54) is 6.08 Å². The van der Waals surface area contributed by atoms with E-state index in [2.05, 4.69) is 42.5 Å². The Morgan fingerprint density at radius 2 is 1.80 bits per heavy atom. The van der Waals surface area contributed by atoms with E-state index in [1.807, 2.05) is 32.0 Å². The fraction of sp³-hybridized carbons (Fsp3) is 0.115. The zero-order valence-corrected chi connectivity index (χ0v) is 22.7. The van der Waals surface area contributed by atoms with Gasteiger partial charge in [-0.05, 0) is 89.4 Å². The number of carbonyl (C=O) groups is 2. The van der Waals surface area contributed by atoms with Gasteiger partial charge in [0.25, 0.3) is 11.8 Å². The number of nitrogens with one attached hydrogen (secondary N) is 2. The van der Waals surface area contributed by atoms with E-state index < -0.39 is 5.91 Å². The molecule has 0 bridgehead atoms. The number of ether oxygens (including phenoxy) is 1. The number of hydrogen-bond acceptors (Lipinski definition) is 4. The standard InChI is InChI=1S/C26H20Br2ClN3O3/c1-15-4-3-5-23(16(15)2)32-26(34)18(13-30)10-17-11-19(27)12-22(28)25(17)35-14-24(33)31-21-8-6-20(29)7-9-21/h3-12H,14H2,1-2H3,(H,31,33)(H,32,34)/b18-10-. The highest BCUT2D eigenvalue weighted by Crippen LogP contribution is 2.34. The molecule has 0 unspecified atom stereocenters. The van der Waals surface area contributed by atoms with Crippen molar-refractivity contribution in [1.29, 1.82) is 5.26 Å². The van der Waals surface area contributed by atoms with Crippen LogP contribution in [0.2, 0.25) is 5.02 Å². The monoisotopic (exact) mass is 615 g/mol. The van der Waals surface area contributed by atoms with E-state index >= 15 is 0 Å². The summed E-state index contributed by atoms with van der Waals surface area (Å²) in [5.74, 6) is -0.624. The van der Waals surface area contributed by atoms with Gasteiger partial charge in [-0.25, -0.2) is 0 Å². The largest absolute Gasteiger partial charge is 0.482 e. The van der Waals surface area contributed by atoms with Gasteiger partial charge in [0.15, 0.2) is 6.61 Å². The highest BCUT2D eigenvalue weighted by atomic mass is 79.9. The van der Waals surface area contributed by atoms with Crippen LogP contribution in [0.1, 0.15) is 16.7 Å². The van der Waals surface area contributed by atoms with Gasteiger partial charge in [0.2, 0.25) is 0 Å². The molecule has 0 heterocycles. The SMILES string of the molecule is Cc1cccc(NC(=O)/C(C#N)=C\c2cc(Br)cc(Br)c2OCC(=O)Nc2ccc(Cl)cc2)c1C. The molecule has 178 valence electrons. The first kappa shape index (κ1) is 26.5. The van der Waals surface area contributed by atoms with Crippen molar-refractivity contribution in [3.8, 4) is 11.8 Å². The molecule has 0 aliphatic rings. The number of halogens is 3. The van der Waals surface area contributed by atoms with E-state index in [0.29, 0.717) is 36.7 Å². The van der Waals surface area contributed by atoms with E-state index in [9.17, 15) is 14.9 Å². The molecule has 0 aromatic heterocycles. The molecule has 0 atom stereocenters. The predicted molar refractivity (Wildman–Crippen MR) is 146 cm³/mol. The van der Waals surface area contributed by atoms with Gasteiger partial charge < -0.3 is 15.4 Å². The summed E-state index contributed by atoms with van der Waals surface area (Å²) in [6, 6.07) is 17.6. The lowest BCUT2D eigenvalue weighted by molar-refractivity contribution is -0.118. The van der Waals surface area contributed by atoms with Crippen LogP contribution in [0, 0.1) is 25.2 Å². The lowest BCUT2D eigenvalue weighted by Gasteiger charge is -2.13. The van der Waals surface area contributed by atoms with E-state index in [-0.39, 0.29) is 18.1 Å². The van der Waals surface area contributed by atoms with Gasteiger partial charge in [-0.3, -0.25) is 9.59 Å². The zero-order chi connectivity index (χ0) is 25.5. The lowest BCUT2D eigenvalue weighted by atomic mass is 10.1. The number of rotatable bonds is 7. The summed E-state index contributed by atoms with van der Waals surface area (Å²) in [6.07, 6.45) is 1.42. The van der Waals surface area contributed by atoms with Gasteiger partial charge in [-0.1, -0.05) is 39.7 Å². The third kappa shape index (κ3) is 7.18. The average molecular weight is 618 g/mol. The lowest BCUT2D eigenvalue weighted by Crippen LogP contribution is -2.20. The molecule has 9 heteroatoms. The highest BCUT2D eigenvalue weighted by molar-refractivity contribution is 9.11. The second-order valence-electron chi connectivity index (χ2n) is 7.52. The van der Waals surface area contributed by atoms with Gasteiger partial charge in [0.05, 0.1) is 4.47 Å². The summed E-state index contributed by atoms with van der Waals surface area (Å²) in [5.41, 5.74) is 3.46. The molecule has 35 heavy (non-hydrogen) atoms. The topological polar surface area (TPSA) is 91.2 Å². The third-order valence-corrected chi connectivity index (χ3v) is 6.33. The Bertz CT molecular complexity index is 1350. The van der Waals surface area contributed by atoms with Crippen LogP contribution in [-0.2, 0) is 9.59 Å². The molecule has 3 aromatic rings. The summed E-state index contributed by atoms with van der Waals surface area (Å²) in [5, 5.41) is 15.7. The first-order valence-corrected chi connectivity index (χ1v) is 12.3. The van der Waals surface area contributed by atoms with Crippen LogP contribution in [0.15, 0.2) is 69.1 Å². The van der Waals surface area contributed by atoms with Gasteiger partial charge >= 0.3 is 0 Å². The molecule has 0 radical (unpaired) electrons. The number of hydrogen-bond donors (Lipinski definition) is 2. The fourth-order valence-electron chi connectivity index (χ4n) is 3.09. The molecular weight excluding hydrogens is 598 g/mol. The molecule has 2 N–H and O–H groups in total. The minimum atomic E-state index is -0.552. The first-order valence-electron chi connectivity index (χ1n) is 10.3. The Hall–Kier alpha value is -3.12. The van der Waals surface area contributed by atoms with Crippen molar-refractivity contribution in [2.45, 2.75) is 13.8 Å². The maximum absolute atomic E-state index is 12.8. The summed E-state index contributed by atoms with van der Waals surface area (Å²) in [4.78, 5) is 25.2. The number of anilines is 2. The molecular formula is C26H20Br2ClN3O3. The van der Waals surface area contributed by atoms with Crippen LogP contribution < -0.4 is 15.4 Å². The van der Waals surface area contributed by atoms with Crippen molar-refractivity contribution >= 4 is 72.7 Å². The predicted octanol–water partition coefficient (Wildman–Crippen LogP) is 7.05. The summed E-state index contributed by atoms with van der Waals surface area (Å²) in [6.45, 7) is 3.55. The smallest absolute Gasteiger partial charge is 0.266 e. The van der Waals surface area contributed by atoms with Crippen LogP contribution >= 0.6 is 43.5 Å². The molecule has 0 saturated carbocycles. The maximum Gasteiger partial charge on any atom is 0.266 e. The maximum atomic E-state index is 12.8. The number of carbonyl (C=O) groups excluding carboxylic acids is 2.